The molecule has 0 saturated heterocycles. The van der Waals surface area contributed by atoms with E-state index in [0.29, 0.717) is 6.42 Å². The average Bonchev–Trinajstić information content (AvgIpc) is 2.60. The van der Waals surface area contributed by atoms with Crippen molar-refractivity contribution in [3.05, 3.63) is 47.5 Å². The molecule has 0 heterocycles. The number of ether oxygens (including phenoxy) is 2. The van der Waals surface area contributed by atoms with Gasteiger partial charge in [-0.3, -0.25) is 9.59 Å². The number of fused-ring (bicyclic) bond motifs is 1. The summed E-state index contributed by atoms with van der Waals surface area (Å²) in [7, 11) is 0. The minimum atomic E-state index is -0.474. The van der Waals surface area contributed by atoms with Crippen molar-refractivity contribution in [1.29, 1.82) is 0 Å². The zero-order valence-corrected chi connectivity index (χ0v) is 15.5. The van der Waals surface area contributed by atoms with Crippen LogP contribution in [0, 0.1) is 6.92 Å². The first-order chi connectivity index (χ1) is 11.9. The number of hydrogen-bond donors (Lipinski definition) is 0. The van der Waals surface area contributed by atoms with Gasteiger partial charge in [0.05, 0.1) is 12.5 Å². The molecule has 0 radical (unpaired) electrons. The summed E-state index contributed by atoms with van der Waals surface area (Å²) in [5.41, 5.74) is 2.04. The molecule has 0 aliphatic heterocycles. The highest BCUT2D eigenvalue weighted by atomic mass is 32.1. The fourth-order valence-corrected chi connectivity index (χ4v) is 2.58. The molecule has 0 aliphatic rings. The van der Waals surface area contributed by atoms with Gasteiger partial charge in [0.1, 0.15) is 5.78 Å². The maximum atomic E-state index is 12.2. The van der Waals surface area contributed by atoms with Crippen LogP contribution in [0.25, 0.3) is 10.8 Å². The van der Waals surface area contributed by atoms with E-state index < -0.39 is 11.9 Å². The monoisotopic (exact) mass is 358 g/mol. The van der Waals surface area contributed by atoms with Gasteiger partial charge in [0, 0.05) is 25.1 Å². The number of benzene rings is 2. The van der Waals surface area contributed by atoms with Crippen LogP contribution in [0.15, 0.2) is 36.4 Å². The number of ketones is 1. The van der Waals surface area contributed by atoms with Crippen LogP contribution in [0.4, 0.5) is 0 Å². The van der Waals surface area contributed by atoms with Crippen LogP contribution in [0.5, 0.6) is 0 Å². The van der Waals surface area contributed by atoms with Gasteiger partial charge < -0.3 is 9.47 Å². The third-order valence-corrected chi connectivity index (χ3v) is 4.25. The Morgan fingerprint density at radius 3 is 2.52 bits per heavy atom. The molecule has 0 unspecified atom stereocenters. The topological polar surface area (TPSA) is 52.6 Å². The number of carbonyl (C=O) groups excluding carboxylic acids is 2. The summed E-state index contributed by atoms with van der Waals surface area (Å²) in [4.78, 5) is 23.4. The highest BCUT2D eigenvalue weighted by Crippen LogP contribution is 2.23. The van der Waals surface area contributed by atoms with Gasteiger partial charge in [-0.25, -0.2) is 0 Å². The lowest BCUT2D eigenvalue weighted by atomic mass is 9.97. The van der Waals surface area contributed by atoms with E-state index in [1.54, 1.807) is 13.8 Å². The van der Waals surface area contributed by atoms with Crippen molar-refractivity contribution < 1.29 is 19.1 Å². The Hall–Kier alpha value is -2.27. The molecule has 0 amide bonds. The predicted molar refractivity (Wildman–Crippen MR) is 102 cm³/mol. The first-order valence-corrected chi connectivity index (χ1v) is 8.72. The van der Waals surface area contributed by atoms with E-state index in [2.05, 4.69) is 6.07 Å². The molecule has 0 aliphatic carbocycles. The third-order valence-electron chi connectivity index (χ3n) is 4.05. The lowest BCUT2D eigenvalue weighted by Crippen LogP contribution is -2.19. The van der Waals surface area contributed by atoms with E-state index >= 15 is 0 Å². The average molecular weight is 358 g/mol. The second-order valence-electron chi connectivity index (χ2n) is 5.99. The second-order valence-corrected chi connectivity index (χ2v) is 6.33. The molecule has 2 aromatic rings. The third kappa shape index (κ3) is 5.36. The molecule has 0 bridgehead atoms. The SMILES string of the molecule is CCC(=O)CCOC(=S)OC(=O)[C@@H](C)c1ccc2cc(C)ccc2c1. The van der Waals surface area contributed by atoms with Crippen molar-refractivity contribution >= 4 is 40.0 Å². The lowest BCUT2D eigenvalue weighted by molar-refractivity contribution is -0.138. The summed E-state index contributed by atoms with van der Waals surface area (Å²) < 4.78 is 10.2. The van der Waals surface area contributed by atoms with Gasteiger partial charge in [0.2, 0.25) is 0 Å². The number of thiocarbonyl (C=S) groups is 1. The highest BCUT2D eigenvalue weighted by molar-refractivity contribution is 7.79. The van der Waals surface area contributed by atoms with E-state index in [-0.39, 0.29) is 24.0 Å². The normalized spacial score (nSPS) is 11.8. The van der Waals surface area contributed by atoms with Gasteiger partial charge in [0.15, 0.2) is 0 Å². The Labute approximate surface area is 153 Å². The number of Topliss-reactive ketones (excluding diaryl/α,β-unsaturated/α-hetero) is 1. The summed E-state index contributed by atoms with van der Waals surface area (Å²) in [5.74, 6) is -0.864. The molecular weight excluding hydrogens is 336 g/mol. The van der Waals surface area contributed by atoms with Crippen LogP contribution in [0.2, 0.25) is 0 Å². The molecule has 0 fully saturated rings. The zero-order chi connectivity index (χ0) is 18.4. The largest absolute Gasteiger partial charge is 0.456 e. The van der Waals surface area contributed by atoms with Gasteiger partial charge >= 0.3 is 11.2 Å². The first kappa shape index (κ1) is 19.1. The minimum Gasteiger partial charge on any atom is -0.456 e. The zero-order valence-electron chi connectivity index (χ0n) is 14.7. The van der Waals surface area contributed by atoms with E-state index in [9.17, 15) is 9.59 Å². The second kappa shape index (κ2) is 8.72. The van der Waals surface area contributed by atoms with Gasteiger partial charge in [-0.2, -0.15) is 0 Å². The molecule has 4 nitrogen and oxygen atoms in total. The van der Waals surface area contributed by atoms with E-state index in [1.807, 2.05) is 37.3 Å². The Bertz CT molecular complexity index is 797. The smallest absolute Gasteiger partial charge is 0.360 e. The summed E-state index contributed by atoms with van der Waals surface area (Å²) in [6, 6.07) is 12.1. The van der Waals surface area contributed by atoms with E-state index in [0.717, 1.165) is 16.3 Å². The highest BCUT2D eigenvalue weighted by Gasteiger charge is 2.19. The fourth-order valence-electron chi connectivity index (χ4n) is 2.41. The van der Waals surface area contributed by atoms with Crippen molar-refractivity contribution in [1.82, 2.24) is 0 Å². The van der Waals surface area contributed by atoms with Crippen molar-refractivity contribution in [3.63, 3.8) is 0 Å². The molecule has 1 atom stereocenters. The van der Waals surface area contributed by atoms with Crippen LogP contribution in [-0.4, -0.2) is 23.6 Å². The first-order valence-electron chi connectivity index (χ1n) is 8.31. The number of aryl methyl sites for hydroxylation is 1. The molecular formula is C20H22O4S. The van der Waals surface area contributed by atoms with Crippen LogP contribution >= 0.6 is 12.2 Å². The lowest BCUT2D eigenvalue weighted by Gasteiger charge is -2.13. The van der Waals surface area contributed by atoms with Crippen LogP contribution in [-0.2, 0) is 19.1 Å². The van der Waals surface area contributed by atoms with Crippen LogP contribution < -0.4 is 0 Å². The standard InChI is InChI=1S/C20H22O4S/c1-4-18(21)9-10-23-20(25)24-19(22)14(3)15-7-8-16-11-13(2)5-6-17(16)12-15/h5-8,11-12,14H,4,9-10H2,1-3H3/t14-/m0/s1. The molecule has 132 valence electrons. The van der Waals surface area contributed by atoms with Gasteiger partial charge in [-0.05, 0) is 30.2 Å². The Morgan fingerprint density at radius 1 is 1.12 bits per heavy atom. The van der Waals surface area contributed by atoms with Crippen molar-refractivity contribution in [2.45, 2.75) is 39.5 Å². The molecule has 2 aromatic carbocycles. The molecule has 0 spiro atoms. The predicted octanol–water partition coefficient (Wildman–Crippen LogP) is 4.47. The molecule has 25 heavy (non-hydrogen) atoms. The maximum Gasteiger partial charge on any atom is 0.360 e. The number of esters is 1. The molecule has 0 saturated carbocycles. The summed E-state index contributed by atoms with van der Waals surface area (Å²) in [6.45, 7) is 5.72. The molecule has 5 heteroatoms. The van der Waals surface area contributed by atoms with E-state index in [4.69, 9.17) is 21.7 Å². The molecule has 2 rings (SSSR count). The van der Waals surface area contributed by atoms with Crippen LogP contribution in [0.1, 0.15) is 43.7 Å². The van der Waals surface area contributed by atoms with Gasteiger partial charge in [-0.15, -0.1) is 0 Å². The number of hydrogen-bond acceptors (Lipinski definition) is 5. The van der Waals surface area contributed by atoms with Crippen molar-refractivity contribution in [3.8, 4) is 0 Å². The molecule has 0 aromatic heterocycles. The van der Waals surface area contributed by atoms with Crippen molar-refractivity contribution in [2.75, 3.05) is 6.61 Å². The summed E-state index contributed by atoms with van der Waals surface area (Å²) >= 11 is 4.90. The Morgan fingerprint density at radius 2 is 1.80 bits per heavy atom. The molecule has 0 N–H and O–H groups in total. The summed E-state index contributed by atoms with van der Waals surface area (Å²) in [5, 5.41) is 1.96. The van der Waals surface area contributed by atoms with Gasteiger partial charge in [0.25, 0.3) is 0 Å². The number of rotatable bonds is 6. The maximum absolute atomic E-state index is 12.2. The summed E-state index contributed by atoms with van der Waals surface area (Å²) in [6.07, 6.45) is 0.711. The quantitative estimate of drug-likeness (QED) is 0.563. The van der Waals surface area contributed by atoms with Crippen molar-refractivity contribution in [2.24, 2.45) is 0 Å². The minimum absolute atomic E-state index is 0.0777. The van der Waals surface area contributed by atoms with Gasteiger partial charge in [-0.1, -0.05) is 48.9 Å². The number of carbonyl (C=O) groups is 2. The Balaban J connectivity index is 1.96. The van der Waals surface area contributed by atoms with Crippen LogP contribution in [0.3, 0.4) is 0 Å². The fraction of sp³-hybridized carbons (Fsp3) is 0.350. The van der Waals surface area contributed by atoms with E-state index in [1.165, 1.54) is 5.56 Å². The Kier molecular flexibility index (Phi) is 6.65.